The molecule has 144 valence electrons. The number of rotatable bonds is 7. The van der Waals surface area contributed by atoms with Gasteiger partial charge in [-0.3, -0.25) is 25.2 Å². The Balaban J connectivity index is 1.36. The summed E-state index contributed by atoms with van der Waals surface area (Å²) < 4.78 is 15.4. The number of carbonyl (C=O) groups is 3. The number of aryl methyl sites for hydroxylation is 1. The highest BCUT2D eigenvalue weighted by atomic mass is 16.5. The molecule has 8 nitrogen and oxygen atoms in total. The summed E-state index contributed by atoms with van der Waals surface area (Å²) in [5.74, 6) is -0.424. The fourth-order valence-corrected chi connectivity index (χ4v) is 2.35. The van der Waals surface area contributed by atoms with Crippen molar-refractivity contribution < 1.29 is 28.0 Å². The van der Waals surface area contributed by atoms with Crippen molar-refractivity contribution >= 4 is 17.8 Å². The molecule has 0 aliphatic heterocycles. The maximum atomic E-state index is 11.8. The molecule has 2 aromatic heterocycles. The minimum absolute atomic E-state index is 0.0469. The lowest BCUT2D eigenvalue weighted by molar-refractivity contribution is -0.148. The van der Waals surface area contributed by atoms with Crippen LogP contribution in [0.2, 0.25) is 0 Å². The number of hydrazine groups is 1. The van der Waals surface area contributed by atoms with E-state index in [4.69, 9.17) is 13.6 Å². The highest BCUT2D eigenvalue weighted by molar-refractivity contribution is 5.93. The van der Waals surface area contributed by atoms with Crippen molar-refractivity contribution in [3.05, 3.63) is 72.4 Å². The van der Waals surface area contributed by atoms with Gasteiger partial charge < -0.3 is 13.6 Å². The van der Waals surface area contributed by atoms with Crippen molar-refractivity contribution in [3.8, 4) is 11.3 Å². The molecule has 2 N–H and O–H groups in total. The zero-order chi connectivity index (χ0) is 19.8. The molecule has 1 aromatic carbocycles. The van der Waals surface area contributed by atoms with Crippen LogP contribution in [0.25, 0.3) is 11.3 Å². The summed E-state index contributed by atoms with van der Waals surface area (Å²) >= 11 is 0. The van der Waals surface area contributed by atoms with Crippen LogP contribution in [0.4, 0.5) is 0 Å². The van der Waals surface area contributed by atoms with E-state index in [1.807, 2.05) is 36.4 Å². The average Bonchev–Trinajstić information content (AvgIpc) is 3.42. The second-order valence-corrected chi connectivity index (χ2v) is 5.77. The summed E-state index contributed by atoms with van der Waals surface area (Å²) in [5, 5.41) is 0. The van der Waals surface area contributed by atoms with E-state index in [2.05, 4.69) is 10.9 Å². The van der Waals surface area contributed by atoms with E-state index in [-0.39, 0.29) is 12.2 Å². The fourth-order valence-electron chi connectivity index (χ4n) is 2.35. The molecule has 0 bridgehead atoms. The molecule has 3 rings (SSSR count). The second kappa shape index (κ2) is 9.22. The molecule has 2 heterocycles. The molecule has 0 fully saturated rings. The quantitative estimate of drug-likeness (QED) is 0.480. The van der Waals surface area contributed by atoms with Gasteiger partial charge in [0.15, 0.2) is 12.4 Å². The molecule has 3 aromatic rings. The van der Waals surface area contributed by atoms with E-state index < -0.39 is 24.4 Å². The Morgan fingerprint density at radius 1 is 0.929 bits per heavy atom. The van der Waals surface area contributed by atoms with Crippen LogP contribution in [0.3, 0.4) is 0 Å². The first kappa shape index (κ1) is 19.0. The molecular formula is C20H18N2O6. The molecule has 0 saturated carbocycles. The second-order valence-electron chi connectivity index (χ2n) is 5.77. The predicted molar refractivity (Wildman–Crippen MR) is 97.7 cm³/mol. The third-order valence-corrected chi connectivity index (χ3v) is 3.72. The van der Waals surface area contributed by atoms with Crippen LogP contribution in [-0.2, 0) is 20.7 Å². The molecule has 0 spiro atoms. The van der Waals surface area contributed by atoms with Gasteiger partial charge in [0.25, 0.3) is 5.91 Å². The number of ether oxygens (including phenoxy) is 1. The molecule has 0 unspecified atom stereocenters. The third-order valence-electron chi connectivity index (χ3n) is 3.72. The zero-order valence-corrected chi connectivity index (χ0v) is 14.8. The van der Waals surface area contributed by atoms with Crippen molar-refractivity contribution in [1.82, 2.24) is 10.9 Å². The highest BCUT2D eigenvalue weighted by Crippen LogP contribution is 2.22. The van der Waals surface area contributed by atoms with Gasteiger partial charge in [0.1, 0.15) is 11.5 Å². The van der Waals surface area contributed by atoms with Crippen LogP contribution in [0.15, 0.2) is 69.7 Å². The predicted octanol–water partition coefficient (Wildman–Crippen LogP) is 2.48. The SMILES string of the molecule is O=C(COC(=O)CCc1ccc(-c2ccccc2)o1)NNC(=O)c1ccco1. The van der Waals surface area contributed by atoms with Gasteiger partial charge >= 0.3 is 11.9 Å². The Morgan fingerprint density at radius 2 is 1.75 bits per heavy atom. The molecule has 8 heteroatoms. The van der Waals surface area contributed by atoms with Crippen LogP contribution >= 0.6 is 0 Å². The van der Waals surface area contributed by atoms with E-state index in [1.54, 1.807) is 12.1 Å². The molecule has 0 atom stereocenters. The Kier molecular flexibility index (Phi) is 6.25. The number of benzene rings is 1. The van der Waals surface area contributed by atoms with Gasteiger partial charge in [0.05, 0.1) is 12.7 Å². The number of hydrogen-bond donors (Lipinski definition) is 2. The van der Waals surface area contributed by atoms with Gasteiger partial charge in [-0.15, -0.1) is 0 Å². The van der Waals surface area contributed by atoms with Crippen LogP contribution < -0.4 is 10.9 Å². The van der Waals surface area contributed by atoms with Crippen molar-refractivity contribution in [3.63, 3.8) is 0 Å². The molecule has 0 aliphatic carbocycles. The number of carbonyl (C=O) groups excluding carboxylic acids is 3. The van der Waals surface area contributed by atoms with Crippen LogP contribution in [0, 0.1) is 0 Å². The minimum Gasteiger partial charge on any atom is -0.461 e. The summed E-state index contributed by atoms with van der Waals surface area (Å²) in [5.41, 5.74) is 5.22. The highest BCUT2D eigenvalue weighted by Gasteiger charge is 2.12. The number of furan rings is 2. The van der Waals surface area contributed by atoms with Gasteiger partial charge in [-0.2, -0.15) is 0 Å². The van der Waals surface area contributed by atoms with Crippen LogP contribution in [-0.4, -0.2) is 24.4 Å². The van der Waals surface area contributed by atoms with Crippen molar-refractivity contribution in [1.29, 1.82) is 0 Å². The number of hydrogen-bond acceptors (Lipinski definition) is 6. The van der Waals surface area contributed by atoms with E-state index in [0.29, 0.717) is 12.2 Å². The van der Waals surface area contributed by atoms with Gasteiger partial charge in [-0.05, 0) is 24.3 Å². The summed E-state index contributed by atoms with van der Waals surface area (Å²) in [6, 6.07) is 16.2. The van der Waals surface area contributed by atoms with E-state index >= 15 is 0 Å². The normalized spacial score (nSPS) is 10.3. The molecule has 0 radical (unpaired) electrons. The van der Waals surface area contributed by atoms with E-state index in [1.165, 1.54) is 12.3 Å². The van der Waals surface area contributed by atoms with Crippen LogP contribution in [0.1, 0.15) is 22.7 Å². The van der Waals surface area contributed by atoms with Crippen LogP contribution in [0.5, 0.6) is 0 Å². The van der Waals surface area contributed by atoms with Gasteiger partial charge in [0, 0.05) is 12.0 Å². The molecular weight excluding hydrogens is 364 g/mol. The van der Waals surface area contributed by atoms with E-state index in [9.17, 15) is 14.4 Å². The standard InChI is InChI=1S/C20H18N2O6/c23-18(21-22-20(25)17-7-4-12-26-17)13-27-19(24)11-9-15-8-10-16(28-15)14-5-2-1-3-6-14/h1-8,10,12H,9,11,13H2,(H,21,23)(H,22,25). The Bertz CT molecular complexity index is 931. The number of esters is 1. The molecule has 28 heavy (non-hydrogen) atoms. The molecule has 2 amide bonds. The first-order valence-corrected chi connectivity index (χ1v) is 8.54. The average molecular weight is 382 g/mol. The van der Waals surface area contributed by atoms with E-state index in [0.717, 1.165) is 11.3 Å². The summed E-state index contributed by atoms with van der Waals surface area (Å²) in [6.45, 7) is -0.509. The summed E-state index contributed by atoms with van der Waals surface area (Å²) in [6.07, 6.45) is 1.75. The first-order valence-electron chi connectivity index (χ1n) is 8.54. The van der Waals surface area contributed by atoms with Crippen molar-refractivity contribution in [2.45, 2.75) is 12.8 Å². The molecule has 0 saturated heterocycles. The zero-order valence-electron chi connectivity index (χ0n) is 14.8. The maximum Gasteiger partial charge on any atom is 0.306 e. The van der Waals surface area contributed by atoms with Gasteiger partial charge in [0.2, 0.25) is 0 Å². The number of amides is 2. The third kappa shape index (κ3) is 5.34. The largest absolute Gasteiger partial charge is 0.461 e. The van der Waals surface area contributed by atoms with Crippen molar-refractivity contribution in [2.75, 3.05) is 6.61 Å². The van der Waals surface area contributed by atoms with Crippen molar-refractivity contribution in [2.24, 2.45) is 0 Å². The fraction of sp³-hybridized carbons (Fsp3) is 0.150. The Morgan fingerprint density at radius 3 is 2.50 bits per heavy atom. The first-order chi connectivity index (χ1) is 13.6. The Hall–Kier alpha value is -3.81. The summed E-state index contributed by atoms with van der Waals surface area (Å²) in [7, 11) is 0. The monoisotopic (exact) mass is 382 g/mol. The van der Waals surface area contributed by atoms with Gasteiger partial charge in [-0.25, -0.2) is 0 Å². The lowest BCUT2D eigenvalue weighted by Gasteiger charge is -2.06. The smallest absolute Gasteiger partial charge is 0.306 e. The Labute approximate surface area is 160 Å². The minimum atomic E-state index is -0.669. The van der Waals surface area contributed by atoms with Gasteiger partial charge in [-0.1, -0.05) is 30.3 Å². The maximum absolute atomic E-state index is 11.8. The number of nitrogens with one attached hydrogen (secondary N) is 2. The summed E-state index contributed by atoms with van der Waals surface area (Å²) in [4.78, 5) is 35.0. The molecule has 0 aliphatic rings. The topological polar surface area (TPSA) is 111 Å². The lowest BCUT2D eigenvalue weighted by Crippen LogP contribution is -2.43. The lowest BCUT2D eigenvalue weighted by atomic mass is 10.2.